The summed E-state index contributed by atoms with van der Waals surface area (Å²) < 4.78 is 1.82. The van der Waals surface area contributed by atoms with E-state index in [2.05, 4.69) is 21.7 Å². The summed E-state index contributed by atoms with van der Waals surface area (Å²) in [6.45, 7) is 6.50. The molecule has 0 aliphatic carbocycles. The van der Waals surface area contributed by atoms with Crippen LogP contribution in [0.3, 0.4) is 0 Å². The highest BCUT2D eigenvalue weighted by Gasteiger charge is 2.19. The number of nitriles is 1. The molecule has 0 aliphatic heterocycles. The number of nitrogens with zero attached hydrogens (tertiary/aromatic N) is 3. The van der Waals surface area contributed by atoms with Gasteiger partial charge in [0, 0.05) is 24.4 Å². The Morgan fingerprint density at radius 2 is 2.10 bits per heavy atom. The normalized spacial score (nSPS) is 11.2. The molecule has 1 aromatic carbocycles. The van der Waals surface area contributed by atoms with E-state index in [1.807, 2.05) is 18.4 Å². The molecule has 0 fully saturated rings. The summed E-state index contributed by atoms with van der Waals surface area (Å²) in [6.07, 6.45) is 2.29. The second kappa shape index (κ2) is 9.50. The maximum atomic E-state index is 12.7. The summed E-state index contributed by atoms with van der Waals surface area (Å²) in [5, 5.41) is 22.5. The largest absolute Gasteiger partial charge is 0.381 e. The van der Waals surface area contributed by atoms with Crippen molar-refractivity contribution >= 4 is 34.5 Å². The number of nitrogens with two attached hydrogens (primary N) is 1. The van der Waals surface area contributed by atoms with Gasteiger partial charge in [0.05, 0.1) is 23.5 Å². The summed E-state index contributed by atoms with van der Waals surface area (Å²) in [5.74, 6) is -0.734. The molecule has 0 spiro atoms. The van der Waals surface area contributed by atoms with Crippen LogP contribution in [0.15, 0.2) is 23.9 Å². The molecule has 1 aromatic heterocycles. The van der Waals surface area contributed by atoms with E-state index in [0.29, 0.717) is 35.6 Å². The number of hydrogen-bond acceptors (Lipinski definition) is 6. The van der Waals surface area contributed by atoms with Crippen LogP contribution in [0.25, 0.3) is 11.0 Å². The van der Waals surface area contributed by atoms with E-state index < -0.39 is 11.8 Å². The van der Waals surface area contributed by atoms with Crippen LogP contribution in [0.4, 0.5) is 5.95 Å². The zero-order chi connectivity index (χ0) is 21.6. The number of hydrogen-bond donors (Lipinski definition) is 4. The average Bonchev–Trinajstić information content (AvgIpc) is 2.99. The van der Waals surface area contributed by atoms with Gasteiger partial charge in [-0.05, 0) is 44.0 Å². The first-order chi connectivity index (χ1) is 13.8. The zero-order valence-electron chi connectivity index (χ0n) is 16.8. The molecule has 2 rings (SSSR count). The summed E-state index contributed by atoms with van der Waals surface area (Å²) in [5.41, 5.74) is 7.95. The number of imidazole rings is 1. The highest BCUT2D eigenvalue weighted by molar-refractivity contribution is 6.08. The van der Waals surface area contributed by atoms with E-state index in [0.717, 1.165) is 6.42 Å². The maximum absolute atomic E-state index is 12.7. The second-order valence-corrected chi connectivity index (χ2v) is 6.51. The lowest BCUT2D eigenvalue weighted by molar-refractivity contribution is -0.113. The van der Waals surface area contributed by atoms with E-state index in [1.165, 1.54) is 6.08 Å². The number of anilines is 1. The quantitative estimate of drug-likeness (QED) is 0.379. The van der Waals surface area contributed by atoms with Crippen LogP contribution in [0.1, 0.15) is 43.1 Å². The standard InChI is InChI=1S/C20H25N7O2/c1-4-8-27-17-13(6-7-21)10-14(18(23)28)11-15(17)25-20(27)26-19(29)16(24-5-2)9-12(3)22/h9-11,22,24H,4-6,8H2,1-3H3,(H2,23,28)(H,25,26,29)/b16-9-,22-12?. The maximum Gasteiger partial charge on any atom is 0.274 e. The minimum atomic E-state index is -0.611. The van der Waals surface area contributed by atoms with Gasteiger partial charge in [0.2, 0.25) is 11.9 Å². The Morgan fingerprint density at radius 3 is 2.66 bits per heavy atom. The van der Waals surface area contributed by atoms with Crippen LogP contribution < -0.4 is 16.4 Å². The van der Waals surface area contributed by atoms with Crippen LogP contribution in [0.5, 0.6) is 0 Å². The van der Waals surface area contributed by atoms with Crippen molar-refractivity contribution in [2.75, 3.05) is 11.9 Å². The molecule has 0 atom stereocenters. The van der Waals surface area contributed by atoms with Crippen LogP contribution in [-0.2, 0) is 17.8 Å². The Bertz CT molecular complexity index is 1030. The van der Waals surface area contributed by atoms with Crippen LogP contribution in [0.2, 0.25) is 0 Å². The van der Waals surface area contributed by atoms with E-state index in [-0.39, 0.29) is 23.4 Å². The fraction of sp³-hybridized carbons (Fsp3) is 0.350. The van der Waals surface area contributed by atoms with Gasteiger partial charge in [0.1, 0.15) is 5.70 Å². The van der Waals surface area contributed by atoms with E-state index in [4.69, 9.17) is 11.1 Å². The van der Waals surface area contributed by atoms with Gasteiger partial charge in [0.15, 0.2) is 0 Å². The molecule has 0 saturated carbocycles. The fourth-order valence-corrected chi connectivity index (χ4v) is 3.03. The van der Waals surface area contributed by atoms with Crippen molar-refractivity contribution in [2.24, 2.45) is 5.73 Å². The highest BCUT2D eigenvalue weighted by atomic mass is 16.2. The lowest BCUT2D eigenvalue weighted by Crippen LogP contribution is -2.27. The van der Waals surface area contributed by atoms with Gasteiger partial charge in [-0.1, -0.05) is 6.92 Å². The van der Waals surface area contributed by atoms with Crippen molar-refractivity contribution in [2.45, 2.75) is 40.2 Å². The third-order valence-electron chi connectivity index (χ3n) is 4.12. The number of likely N-dealkylation sites (N-methyl/N-ethyl adjacent to an activating group) is 1. The monoisotopic (exact) mass is 395 g/mol. The number of benzene rings is 1. The minimum absolute atomic E-state index is 0.0793. The Labute approximate surface area is 169 Å². The van der Waals surface area contributed by atoms with Crippen LogP contribution in [0, 0.1) is 16.7 Å². The molecular formula is C20H25N7O2. The number of nitrogens with one attached hydrogen (secondary N) is 3. The topological polar surface area (TPSA) is 150 Å². The van der Waals surface area contributed by atoms with Crippen molar-refractivity contribution < 1.29 is 9.59 Å². The molecule has 29 heavy (non-hydrogen) atoms. The van der Waals surface area contributed by atoms with E-state index in [9.17, 15) is 14.9 Å². The Balaban J connectivity index is 2.61. The molecule has 0 radical (unpaired) electrons. The molecule has 152 valence electrons. The number of amides is 2. The molecule has 2 amide bonds. The second-order valence-electron chi connectivity index (χ2n) is 6.51. The third-order valence-corrected chi connectivity index (χ3v) is 4.12. The molecule has 9 heteroatoms. The fourth-order valence-electron chi connectivity index (χ4n) is 3.03. The number of primary amides is 1. The first kappa shape index (κ1) is 21.6. The van der Waals surface area contributed by atoms with Crippen LogP contribution >= 0.6 is 0 Å². The van der Waals surface area contributed by atoms with Gasteiger partial charge in [0.25, 0.3) is 5.91 Å². The molecule has 0 unspecified atom stereocenters. The van der Waals surface area contributed by atoms with Crippen molar-refractivity contribution in [1.29, 1.82) is 10.7 Å². The SMILES string of the molecule is CCCn1c(NC(=O)/C(=C/C(C)=N)NCC)nc2cc(C(N)=O)cc(CC#N)c21. The van der Waals surface area contributed by atoms with E-state index >= 15 is 0 Å². The summed E-state index contributed by atoms with van der Waals surface area (Å²) in [7, 11) is 0. The lowest BCUT2D eigenvalue weighted by atomic mass is 10.1. The molecule has 0 aliphatic rings. The van der Waals surface area contributed by atoms with Gasteiger partial charge < -0.3 is 21.0 Å². The number of allylic oxidation sites excluding steroid dienone is 1. The van der Waals surface area contributed by atoms with Crippen molar-refractivity contribution in [1.82, 2.24) is 14.9 Å². The molecule has 2 aromatic rings. The summed E-state index contributed by atoms with van der Waals surface area (Å²) in [4.78, 5) is 28.9. The number of aromatic nitrogens is 2. The molecule has 5 N–H and O–H groups in total. The first-order valence-corrected chi connectivity index (χ1v) is 9.34. The smallest absolute Gasteiger partial charge is 0.274 e. The van der Waals surface area contributed by atoms with Gasteiger partial charge in [-0.25, -0.2) is 4.98 Å². The van der Waals surface area contributed by atoms with Gasteiger partial charge in [-0.3, -0.25) is 14.9 Å². The van der Waals surface area contributed by atoms with Gasteiger partial charge in [-0.2, -0.15) is 5.26 Å². The van der Waals surface area contributed by atoms with Crippen molar-refractivity contribution in [3.05, 3.63) is 35.0 Å². The van der Waals surface area contributed by atoms with E-state index in [1.54, 1.807) is 19.1 Å². The highest BCUT2D eigenvalue weighted by Crippen LogP contribution is 2.26. The molecular weight excluding hydrogens is 370 g/mol. The number of rotatable bonds is 9. The predicted molar refractivity (Wildman–Crippen MR) is 112 cm³/mol. The lowest BCUT2D eigenvalue weighted by Gasteiger charge is -2.13. The Morgan fingerprint density at radius 1 is 1.38 bits per heavy atom. The minimum Gasteiger partial charge on any atom is -0.381 e. The Hall–Kier alpha value is -3.67. The third kappa shape index (κ3) is 4.99. The summed E-state index contributed by atoms with van der Waals surface area (Å²) in [6, 6.07) is 5.25. The van der Waals surface area contributed by atoms with Crippen molar-refractivity contribution in [3.63, 3.8) is 0 Å². The zero-order valence-corrected chi connectivity index (χ0v) is 16.8. The molecule has 0 bridgehead atoms. The van der Waals surface area contributed by atoms with Crippen molar-refractivity contribution in [3.8, 4) is 6.07 Å². The average molecular weight is 395 g/mol. The van der Waals surface area contributed by atoms with Gasteiger partial charge >= 0.3 is 0 Å². The van der Waals surface area contributed by atoms with Gasteiger partial charge in [-0.15, -0.1) is 0 Å². The molecule has 0 saturated heterocycles. The van der Waals surface area contributed by atoms with Crippen LogP contribution in [-0.4, -0.2) is 33.6 Å². The first-order valence-electron chi connectivity index (χ1n) is 9.34. The number of carbonyl (C=O) groups is 2. The molecule has 1 heterocycles. The number of carbonyl (C=O) groups excluding carboxylic acids is 2. The number of fused-ring (bicyclic) bond motifs is 1. The Kier molecular flexibility index (Phi) is 7.09. The predicted octanol–water partition coefficient (Wildman–Crippen LogP) is 2.08. The summed E-state index contributed by atoms with van der Waals surface area (Å²) >= 11 is 0. The molecule has 9 nitrogen and oxygen atoms in total. The number of aryl methyl sites for hydroxylation is 1.